The van der Waals surface area contributed by atoms with Gasteiger partial charge in [-0.15, -0.1) is 0 Å². The molecule has 1 aliphatic heterocycles. The molecular weight excluding hydrogens is 362 g/mol. The Morgan fingerprint density at radius 1 is 1.25 bits per heavy atom. The van der Waals surface area contributed by atoms with E-state index in [1.54, 1.807) is 7.11 Å². The standard InChI is InChI=1S/C19H27N5O4/c1-23(2)18-21-17(28-22-18)14-8-10-24(11-9-14)19(25)20-15-4-6-16(7-5-15)27-13-12-26-3/h4-7,14H,8-13H2,1-3H3,(H,20,25). The summed E-state index contributed by atoms with van der Waals surface area (Å²) in [6, 6.07) is 7.21. The molecule has 2 heterocycles. The molecule has 152 valence electrons. The number of benzene rings is 1. The first kappa shape index (κ1) is 19.9. The highest BCUT2D eigenvalue weighted by atomic mass is 16.5. The average Bonchev–Trinajstić information content (AvgIpc) is 3.20. The molecule has 0 radical (unpaired) electrons. The first-order valence-corrected chi connectivity index (χ1v) is 9.35. The summed E-state index contributed by atoms with van der Waals surface area (Å²) in [4.78, 5) is 20.5. The fourth-order valence-corrected chi connectivity index (χ4v) is 2.98. The molecule has 1 aliphatic rings. The Hall–Kier alpha value is -2.81. The van der Waals surface area contributed by atoms with Crippen molar-refractivity contribution in [2.24, 2.45) is 0 Å². The molecule has 2 amide bonds. The summed E-state index contributed by atoms with van der Waals surface area (Å²) >= 11 is 0. The number of piperidine rings is 1. The first-order valence-electron chi connectivity index (χ1n) is 9.35. The molecular formula is C19H27N5O4. The van der Waals surface area contributed by atoms with E-state index in [0.29, 0.717) is 38.1 Å². The number of hydrogen-bond donors (Lipinski definition) is 1. The van der Waals surface area contributed by atoms with Crippen molar-refractivity contribution in [3.63, 3.8) is 0 Å². The average molecular weight is 389 g/mol. The van der Waals surface area contributed by atoms with Crippen LogP contribution < -0.4 is 15.0 Å². The van der Waals surface area contributed by atoms with Gasteiger partial charge in [0.25, 0.3) is 5.95 Å². The van der Waals surface area contributed by atoms with Crippen LogP contribution >= 0.6 is 0 Å². The van der Waals surface area contributed by atoms with E-state index >= 15 is 0 Å². The van der Waals surface area contributed by atoms with E-state index in [4.69, 9.17) is 14.0 Å². The molecule has 9 heteroatoms. The number of rotatable bonds is 7. The minimum atomic E-state index is -0.106. The second-order valence-corrected chi connectivity index (χ2v) is 6.88. The summed E-state index contributed by atoms with van der Waals surface area (Å²) in [5.74, 6) is 2.15. The maximum Gasteiger partial charge on any atom is 0.321 e. The topological polar surface area (TPSA) is 93.0 Å². The number of carbonyl (C=O) groups excluding carboxylic acids is 1. The molecule has 1 aromatic carbocycles. The number of ether oxygens (including phenoxy) is 2. The van der Waals surface area contributed by atoms with E-state index in [0.717, 1.165) is 24.3 Å². The van der Waals surface area contributed by atoms with Crippen LogP contribution in [0.3, 0.4) is 0 Å². The summed E-state index contributed by atoms with van der Waals surface area (Å²) in [5.41, 5.74) is 0.735. The zero-order valence-electron chi connectivity index (χ0n) is 16.6. The smallest absolute Gasteiger partial charge is 0.321 e. The zero-order chi connectivity index (χ0) is 19.9. The number of hydrogen-bond acceptors (Lipinski definition) is 7. The number of urea groups is 1. The molecule has 9 nitrogen and oxygen atoms in total. The molecule has 2 aromatic rings. The Bertz CT molecular complexity index is 754. The van der Waals surface area contributed by atoms with Crippen molar-refractivity contribution in [3.8, 4) is 5.75 Å². The second-order valence-electron chi connectivity index (χ2n) is 6.88. The number of amides is 2. The van der Waals surface area contributed by atoms with Crippen LogP contribution in [0.2, 0.25) is 0 Å². The highest BCUT2D eigenvalue weighted by molar-refractivity contribution is 5.89. The van der Waals surface area contributed by atoms with Gasteiger partial charge in [0.1, 0.15) is 12.4 Å². The molecule has 0 spiro atoms. The molecule has 28 heavy (non-hydrogen) atoms. The Morgan fingerprint density at radius 2 is 1.96 bits per heavy atom. The lowest BCUT2D eigenvalue weighted by atomic mass is 9.97. The van der Waals surface area contributed by atoms with Crippen LogP contribution in [0.5, 0.6) is 5.75 Å². The van der Waals surface area contributed by atoms with Gasteiger partial charge >= 0.3 is 6.03 Å². The quantitative estimate of drug-likeness (QED) is 0.728. The summed E-state index contributed by atoms with van der Waals surface area (Å²) in [5, 5.41) is 6.89. The van der Waals surface area contributed by atoms with Crippen LogP contribution in [0.15, 0.2) is 28.8 Å². The summed E-state index contributed by atoms with van der Waals surface area (Å²) in [6.45, 7) is 2.32. The normalized spacial score (nSPS) is 14.8. The SMILES string of the molecule is COCCOc1ccc(NC(=O)N2CCC(c3nc(N(C)C)no3)CC2)cc1. The predicted octanol–water partition coefficient (Wildman–Crippen LogP) is 2.57. The molecule has 3 rings (SSSR count). The van der Waals surface area contributed by atoms with E-state index in [2.05, 4.69) is 15.5 Å². The van der Waals surface area contributed by atoms with Crippen LogP contribution in [-0.2, 0) is 4.74 Å². The number of anilines is 2. The number of aromatic nitrogens is 2. The van der Waals surface area contributed by atoms with Crippen molar-refractivity contribution in [3.05, 3.63) is 30.2 Å². The Balaban J connectivity index is 1.47. The number of nitrogens with zero attached hydrogens (tertiary/aromatic N) is 4. The summed E-state index contributed by atoms with van der Waals surface area (Å²) in [7, 11) is 5.38. The van der Waals surface area contributed by atoms with Crippen LogP contribution in [0, 0.1) is 0 Å². The van der Waals surface area contributed by atoms with Crippen LogP contribution in [0.25, 0.3) is 0 Å². The molecule has 0 bridgehead atoms. The molecule has 1 saturated heterocycles. The largest absolute Gasteiger partial charge is 0.491 e. The molecule has 0 aliphatic carbocycles. The van der Waals surface area contributed by atoms with Gasteiger partial charge < -0.3 is 29.1 Å². The van der Waals surface area contributed by atoms with Crippen molar-refractivity contribution >= 4 is 17.7 Å². The fourth-order valence-electron chi connectivity index (χ4n) is 2.98. The number of methoxy groups -OCH3 is 1. The Labute approximate surface area is 164 Å². The minimum Gasteiger partial charge on any atom is -0.491 e. The summed E-state index contributed by atoms with van der Waals surface area (Å²) in [6.07, 6.45) is 1.60. The van der Waals surface area contributed by atoms with Crippen LogP contribution in [-0.4, -0.2) is 68.6 Å². The van der Waals surface area contributed by atoms with E-state index in [1.165, 1.54) is 0 Å². The number of carbonyl (C=O) groups is 1. The van der Waals surface area contributed by atoms with Crippen molar-refractivity contribution in [1.29, 1.82) is 0 Å². The highest BCUT2D eigenvalue weighted by Crippen LogP contribution is 2.28. The first-order chi connectivity index (χ1) is 13.6. The van der Waals surface area contributed by atoms with Crippen molar-refractivity contribution in [2.45, 2.75) is 18.8 Å². The van der Waals surface area contributed by atoms with Gasteiger partial charge in [-0.1, -0.05) is 0 Å². The van der Waals surface area contributed by atoms with Gasteiger partial charge in [0, 0.05) is 45.9 Å². The lowest BCUT2D eigenvalue weighted by Gasteiger charge is -2.30. The van der Waals surface area contributed by atoms with E-state index < -0.39 is 0 Å². The lowest BCUT2D eigenvalue weighted by Crippen LogP contribution is -2.40. The molecule has 1 N–H and O–H groups in total. The fraction of sp³-hybridized carbons (Fsp3) is 0.526. The van der Waals surface area contributed by atoms with Gasteiger partial charge in [0.2, 0.25) is 5.89 Å². The molecule has 0 unspecified atom stereocenters. The number of nitrogens with one attached hydrogen (secondary N) is 1. The van der Waals surface area contributed by atoms with Crippen molar-refractivity contribution in [1.82, 2.24) is 15.0 Å². The van der Waals surface area contributed by atoms with Crippen LogP contribution in [0.4, 0.5) is 16.4 Å². The Kier molecular flexibility index (Phi) is 6.70. The maximum absolute atomic E-state index is 12.5. The van der Waals surface area contributed by atoms with E-state index in [-0.39, 0.29) is 11.9 Å². The van der Waals surface area contributed by atoms with Crippen molar-refractivity contribution < 1.29 is 18.8 Å². The van der Waals surface area contributed by atoms with Gasteiger partial charge in [-0.25, -0.2) is 4.79 Å². The van der Waals surface area contributed by atoms with Crippen LogP contribution in [0.1, 0.15) is 24.7 Å². The van der Waals surface area contributed by atoms with Gasteiger partial charge in [0.15, 0.2) is 0 Å². The molecule has 1 aromatic heterocycles. The monoisotopic (exact) mass is 389 g/mol. The van der Waals surface area contributed by atoms with Crippen molar-refractivity contribution in [2.75, 3.05) is 57.7 Å². The zero-order valence-corrected chi connectivity index (χ0v) is 16.6. The van der Waals surface area contributed by atoms with Gasteiger partial charge in [0.05, 0.1) is 6.61 Å². The third-order valence-electron chi connectivity index (χ3n) is 4.62. The van der Waals surface area contributed by atoms with Gasteiger partial charge in [-0.2, -0.15) is 4.98 Å². The second kappa shape index (κ2) is 9.41. The van der Waals surface area contributed by atoms with E-state index in [9.17, 15) is 4.79 Å². The molecule has 0 atom stereocenters. The number of likely N-dealkylation sites (tertiary alicyclic amines) is 1. The third kappa shape index (κ3) is 5.13. The lowest BCUT2D eigenvalue weighted by molar-refractivity contribution is 0.146. The summed E-state index contributed by atoms with van der Waals surface area (Å²) < 4.78 is 15.8. The van der Waals surface area contributed by atoms with Gasteiger partial charge in [-0.05, 0) is 42.3 Å². The highest BCUT2D eigenvalue weighted by Gasteiger charge is 2.27. The Morgan fingerprint density at radius 3 is 2.57 bits per heavy atom. The van der Waals surface area contributed by atoms with Gasteiger partial charge in [-0.3, -0.25) is 0 Å². The van der Waals surface area contributed by atoms with E-state index in [1.807, 2.05) is 48.2 Å². The molecule has 1 fully saturated rings. The third-order valence-corrected chi connectivity index (χ3v) is 4.62. The maximum atomic E-state index is 12.5. The predicted molar refractivity (Wildman–Crippen MR) is 105 cm³/mol. The minimum absolute atomic E-state index is 0.106. The molecule has 0 saturated carbocycles.